The van der Waals surface area contributed by atoms with Crippen molar-refractivity contribution in [2.45, 2.75) is 12.6 Å². The van der Waals surface area contributed by atoms with Gasteiger partial charge in [0.25, 0.3) is 5.91 Å². The van der Waals surface area contributed by atoms with Gasteiger partial charge in [0.1, 0.15) is 0 Å². The summed E-state index contributed by atoms with van der Waals surface area (Å²) in [7, 11) is 3.04. The van der Waals surface area contributed by atoms with Gasteiger partial charge in [-0.15, -0.1) is 11.3 Å². The highest BCUT2D eigenvalue weighted by Gasteiger charge is 2.44. The second kappa shape index (κ2) is 8.61. The minimum Gasteiger partial charge on any atom is -0.503 e. The Morgan fingerprint density at radius 1 is 1.16 bits per heavy atom. The van der Waals surface area contributed by atoms with Gasteiger partial charge in [0.15, 0.2) is 17.3 Å². The molecule has 1 amide bonds. The molecule has 0 saturated carbocycles. The van der Waals surface area contributed by atoms with Gasteiger partial charge in [-0.3, -0.25) is 14.6 Å². The number of ether oxygens (including phenoxy) is 2. The number of aromatic nitrogens is 1. The Hall–Kier alpha value is -3.65. The number of pyridine rings is 1. The first-order chi connectivity index (χ1) is 15.0. The SMILES string of the molecule is COc1ccc([C@@H]2C(C(=O)c3cccs3)=C(O)C(=O)N2Cc2cccnc2)cc1OC. The van der Waals surface area contributed by atoms with Crippen molar-refractivity contribution in [3.05, 3.63) is 87.6 Å². The Morgan fingerprint density at radius 3 is 2.61 bits per heavy atom. The van der Waals surface area contributed by atoms with Crippen LogP contribution in [0.15, 0.2) is 71.6 Å². The third-order valence-electron chi connectivity index (χ3n) is 5.09. The normalized spacial score (nSPS) is 16.0. The van der Waals surface area contributed by atoms with Crippen molar-refractivity contribution in [1.29, 1.82) is 0 Å². The number of hydrogen-bond donors (Lipinski definition) is 1. The fourth-order valence-corrected chi connectivity index (χ4v) is 4.32. The van der Waals surface area contributed by atoms with E-state index in [-0.39, 0.29) is 17.9 Å². The third kappa shape index (κ3) is 3.77. The summed E-state index contributed by atoms with van der Waals surface area (Å²) in [4.78, 5) is 32.3. The average Bonchev–Trinajstić information content (AvgIpc) is 3.42. The van der Waals surface area contributed by atoms with Gasteiger partial charge < -0.3 is 19.5 Å². The topological polar surface area (TPSA) is 89.0 Å². The predicted molar refractivity (Wildman–Crippen MR) is 115 cm³/mol. The molecule has 1 atom stereocenters. The molecule has 0 spiro atoms. The number of aliphatic hydroxyl groups is 1. The number of carbonyl (C=O) groups is 2. The van der Waals surface area contributed by atoms with Gasteiger partial charge in [0.05, 0.1) is 30.7 Å². The van der Waals surface area contributed by atoms with Crippen molar-refractivity contribution in [3.63, 3.8) is 0 Å². The number of benzene rings is 1. The number of Topliss-reactive ketones (excluding diaryl/α,β-unsaturated/α-hetero) is 1. The maximum absolute atomic E-state index is 13.3. The van der Waals surface area contributed by atoms with E-state index in [1.54, 1.807) is 54.2 Å². The molecular weight excluding hydrogens is 416 g/mol. The van der Waals surface area contributed by atoms with Gasteiger partial charge in [-0.05, 0) is 40.8 Å². The minimum absolute atomic E-state index is 0.0450. The fourth-order valence-electron chi connectivity index (χ4n) is 3.65. The van der Waals surface area contributed by atoms with Crippen LogP contribution in [0.3, 0.4) is 0 Å². The Morgan fingerprint density at radius 2 is 1.97 bits per heavy atom. The summed E-state index contributed by atoms with van der Waals surface area (Å²) in [6, 6.07) is 11.4. The quantitative estimate of drug-likeness (QED) is 0.565. The van der Waals surface area contributed by atoms with Crippen LogP contribution >= 0.6 is 11.3 Å². The van der Waals surface area contributed by atoms with E-state index in [9.17, 15) is 14.7 Å². The number of aliphatic hydroxyl groups excluding tert-OH is 1. The molecule has 158 valence electrons. The molecule has 4 rings (SSSR count). The standard InChI is InChI=1S/C23H20N2O5S/c1-29-16-8-7-15(11-17(16)30-2)20-19(21(26)18-6-4-10-31-18)22(27)23(28)25(20)13-14-5-3-9-24-12-14/h3-12,20,27H,13H2,1-2H3/t20-/m1/s1. The zero-order chi connectivity index (χ0) is 22.0. The lowest BCUT2D eigenvalue weighted by Gasteiger charge is -2.27. The van der Waals surface area contributed by atoms with Crippen LogP contribution in [0.5, 0.6) is 11.5 Å². The Kier molecular flexibility index (Phi) is 5.73. The van der Waals surface area contributed by atoms with Crippen LogP contribution in [0, 0.1) is 0 Å². The molecule has 3 heterocycles. The van der Waals surface area contributed by atoms with E-state index in [1.807, 2.05) is 6.07 Å². The second-order valence-corrected chi connectivity index (χ2v) is 7.83. The molecule has 8 heteroatoms. The maximum Gasteiger partial charge on any atom is 0.290 e. The van der Waals surface area contributed by atoms with Crippen LogP contribution in [0.25, 0.3) is 0 Å². The number of rotatable bonds is 7. The summed E-state index contributed by atoms with van der Waals surface area (Å²) in [6.07, 6.45) is 3.29. The first-order valence-electron chi connectivity index (χ1n) is 9.48. The summed E-state index contributed by atoms with van der Waals surface area (Å²) in [5, 5.41) is 12.5. The molecule has 3 aromatic rings. The van der Waals surface area contributed by atoms with E-state index in [0.29, 0.717) is 21.9 Å². The van der Waals surface area contributed by atoms with Crippen LogP contribution < -0.4 is 9.47 Å². The van der Waals surface area contributed by atoms with Crippen molar-refractivity contribution >= 4 is 23.0 Å². The lowest BCUT2D eigenvalue weighted by molar-refractivity contribution is -0.130. The number of hydrogen-bond acceptors (Lipinski definition) is 7. The summed E-state index contributed by atoms with van der Waals surface area (Å²) in [5.74, 6) is -0.545. The molecule has 0 aliphatic carbocycles. The van der Waals surface area contributed by atoms with Crippen molar-refractivity contribution in [1.82, 2.24) is 9.88 Å². The lowest BCUT2D eigenvalue weighted by atomic mass is 9.95. The predicted octanol–water partition coefficient (Wildman–Crippen LogP) is 3.94. The smallest absolute Gasteiger partial charge is 0.290 e. The van der Waals surface area contributed by atoms with Crippen molar-refractivity contribution < 1.29 is 24.2 Å². The van der Waals surface area contributed by atoms with Crippen molar-refractivity contribution in [3.8, 4) is 11.5 Å². The van der Waals surface area contributed by atoms with Crippen LogP contribution in [-0.2, 0) is 11.3 Å². The van der Waals surface area contributed by atoms with E-state index in [2.05, 4.69) is 4.98 Å². The number of nitrogens with zero attached hydrogens (tertiary/aromatic N) is 2. The Bertz CT molecular complexity index is 1140. The monoisotopic (exact) mass is 436 g/mol. The Balaban J connectivity index is 1.83. The Labute approximate surface area is 183 Å². The molecule has 7 nitrogen and oxygen atoms in total. The molecule has 1 aliphatic heterocycles. The molecule has 0 saturated heterocycles. The second-order valence-electron chi connectivity index (χ2n) is 6.88. The van der Waals surface area contributed by atoms with Gasteiger partial charge in [0, 0.05) is 18.9 Å². The van der Waals surface area contributed by atoms with E-state index in [4.69, 9.17) is 9.47 Å². The number of amides is 1. The van der Waals surface area contributed by atoms with Crippen molar-refractivity contribution in [2.24, 2.45) is 0 Å². The van der Waals surface area contributed by atoms with Crippen LogP contribution in [0.2, 0.25) is 0 Å². The minimum atomic E-state index is -0.790. The first-order valence-corrected chi connectivity index (χ1v) is 10.4. The van der Waals surface area contributed by atoms with E-state index in [0.717, 1.165) is 5.56 Å². The largest absolute Gasteiger partial charge is 0.503 e. The highest BCUT2D eigenvalue weighted by atomic mass is 32.1. The van der Waals surface area contributed by atoms with Gasteiger partial charge in [0.2, 0.25) is 5.78 Å². The number of methoxy groups -OCH3 is 2. The van der Waals surface area contributed by atoms with Gasteiger partial charge in [-0.25, -0.2) is 0 Å². The molecule has 0 fully saturated rings. The zero-order valence-corrected chi connectivity index (χ0v) is 17.8. The zero-order valence-electron chi connectivity index (χ0n) is 16.9. The highest BCUT2D eigenvalue weighted by Crippen LogP contribution is 2.42. The van der Waals surface area contributed by atoms with E-state index < -0.39 is 17.7 Å². The molecule has 2 aromatic heterocycles. The highest BCUT2D eigenvalue weighted by molar-refractivity contribution is 7.12. The van der Waals surface area contributed by atoms with Gasteiger partial charge in [-0.2, -0.15) is 0 Å². The number of thiophene rings is 1. The van der Waals surface area contributed by atoms with Crippen LogP contribution in [0.4, 0.5) is 0 Å². The van der Waals surface area contributed by atoms with E-state index >= 15 is 0 Å². The molecule has 1 N–H and O–H groups in total. The van der Waals surface area contributed by atoms with E-state index in [1.165, 1.54) is 30.5 Å². The molecule has 0 radical (unpaired) electrons. The maximum atomic E-state index is 13.3. The number of carbonyl (C=O) groups excluding carboxylic acids is 2. The lowest BCUT2D eigenvalue weighted by Crippen LogP contribution is -2.30. The number of ketones is 1. The summed E-state index contributed by atoms with van der Waals surface area (Å²) < 4.78 is 10.7. The van der Waals surface area contributed by atoms with Crippen LogP contribution in [-0.4, -0.2) is 40.9 Å². The first kappa shape index (κ1) is 20.6. The summed E-state index contributed by atoms with van der Waals surface area (Å²) in [5.41, 5.74) is 1.45. The van der Waals surface area contributed by atoms with Gasteiger partial charge >= 0.3 is 0 Å². The van der Waals surface area contributed by atoms with Crippen LogP contribution in [0.1, 0.15) is 26.8 Å². The molecular formula is C23H20N2O5S. The third-order valence-corrected chi connectivity index (χ3v) is 5.96. The van der Waals surface area contributed by atoms with Gasteiger partial charge in [-0.1, -0.05) is 18.2 Å². The molecule has 0 unspecified atom stereocenters. The average molecular weight is 436 g/mol. The summed E-state index contributed by atoms with van der Waals surface area (Å²) in [6.45, 7) is 0.178. The van der Waals surface area contributed by atoms with Crippen molar-refractivity contribution in [2.75, 3.05) is 14.2 Å². The molecule has 1 aromatic carbocycles. The molecule has 31 heavy (non-hydrogen) atoms. The summed E-state index contributed by atoms with van der Waals surface area (Å²) >= 11 is 1.26. The fraction of sp³-hybridized carbons (Fsp3) is 0.174. The molecule has 0 bridgehead atoms. The molecule has 1 aliphatic rings.